The molecule has 8 heteroatoms. The fourth-order valence-electron chi connectivity index (χ4n) is 4.55. The number of ether oxygens (including phenoxy) is 1. The largest absolute Gasteiger partial charge is 0.494 e. The molecule has 8 nitrogen and oxygen atoms in total. The zero-order valence-electron chi connectivity index (χ0n) is 15.7. The molecule has 0 radical (unpaired) electrons. The molecule has 0 aromatic carbocycles. The third-order valence-electron chi connectivity index (χ3n) is 5.85. The molecule has 27 heavy (non-hydrogen) atoms. The Kier molecular flexibility index (Phi) is 4.01. The Balaban J connectivity index is 1.53. The first-order chi connectivity index (χ1) is 12.8. The Bertz CT molecular complexity index is 894. The molecule has 1 saturated heterocycles. The highest BCUT2D eigenvalue weighted by molar-refractivity contribution is 5.82. The number of carbonyl (C=O) groups excluding carboxylic acids is 1. The standard InChI is InChI=1S/C19H24N4O4/c1-19(2,17-20-8-13-14(27-3)5-4-6-23(13)17)21-16(24)15-11-7-12(15)10-22(9-11)18(25)26/h4-6,8,11-12,15H,7,9-10H2,1-3H3,(H,21,24)(H,25,26)/t11-,12+,15?. The summed E-state index contributed by atoms with van der Waals surface area (Å²) >= 11 is 0. The van der Waals surface area contributed by atoms with Crippen molar-refractivity contribution in [2.24, 2.45) is 17.8 Å². The van der Waals surface area contributed by atoms with E-state index in [1.54, 1.807) is 13.3 Å². The van der Waals surface area contributed by atoms with Crippen LogP contribution in [0.25, 0.3) is 5.52 Å². The van der Waals surface area contributed by atoms with Crippen LogP contribution in [0.5, 0.6) is 5.75 Å². The van der Waals surface area contributed by atoms with Crippen LogP contribution >= 0.6 is 0 Å². The van der Waals surface area contributed by atoms with E-state index in [4.69, 9.17) is 9.84 Å². The normalized spacial score (nSPS) is 24.4. The van der Waals surface area contributed by atoms with Crippen molar-refractivity contribution in [3.8, 4) is 5.75 Å². The van der Waals surface area contributed by atoms with Crippen LogP contribution in [0, 0.1) is 17.8 Å². The van der Waals surface area contributed by atoms with Gasteiger partial charge < -0.3 is 20.1 Å². The summed E-state index contributed by atoms with van der Waals surface area (Å²) in [5.74, 6) is 1.51. The number of aromatic nitrogens is 2. The first-order valence-electron chi connectivity index (χ1n) is 9.12. The quantitative estimate of drug-likeness (QED) is 0.855. The van der Waals surface area contributed by atoms with Crippen LogP contribution < -0.4 is 10.1 Å². The fourth-order valence-corrected chi connectivity index (χ4v) is 4.55. The van der Waals surface area contributed by atoms with Crippen molar-refractivity contribution in [2.75, 3.05) is 20.2 Å². The highest BCUT2D eigenvalue weighted by Gasteiger charge is 2.52. The molecule has 144 valence electrons. The van der Waals surface area contributed by atoms with E-state index >= 15 is 0 Å². The van der Waals surface area contributed by atoms with Crippen molar-refractivity contribution in [1.29, 1.82) is 0 Å². The van der Waals surface area contributed by atoms with Crippen LogP contribution in [0.1, 0.15) is 26.1 Å². The Labute approximate surface area is 157 Å². The number of hydrogen-bond donors (Lipinski definition) is 2. The molecule has 1 unspecified atom stereocenters. The fraction of sp³-hybridized carbons (Fsp3) is 0.526. The molecule has 2 aromatic heterocycles. The minimum Gasteiger partial charge on any atom is -0.494 e. The molecule has 2 aromatic rings. The van der Waals surface area contributed by atoms with E-state index in [0.29, 0.717) is 13.1 Å². The highest BCUT2D eigenvalue weighted by Crippen LogP contribution is 2.46. The van der Waals surface area contributed by atoms with E-state index in [2.05, 4.69) is 10.3 Å². The van der Waals surface area contributed by atoms with Crippen LogP contribution in [-0.4, -0.2) is 51.6 Å². The van der Waals surface area contributed by atoms with Gasteiger partial charge in [0.15, 0.2) is 0 Å². The minimum absolute atomic E-state index is 0.0223. The average molecular weight is 372 g/mol. The molecule has 2 N–H and O–H groups in total. The number of fused-ring (bicyclic) bond motifs is 3. The molecular weight excluding hydrogens is 348 g/mol. The molecular formula is C19H24N4O4. The summed E-state index contributed by atoms with van der Waals surface area (Å²) in [5, 5.41) is 12.3. The van der Waals surface area contributed by atoms with Crippen LogP contribution in [-0.2, 0) is 10.3 Å². The molecule has 1 aliphatic carbocycles. The van der Waals surface area contributed by atoms with Crippen molar-refractivity contribution in [3.63, 3.8) is 0 Å². The number of nitrogens with zero attached hydrogens (tertiary/aromatic N) is 3. The predicted octanol–water partition coefficient (Wildman–Crippen LogP) is 1.94. The summed E-state index contributed by atoms with van der Waals surface area (Å²) in [6.45, 7) is 4.73. The van der Waals surface area contributed by atoms with Crippen LogP contribution in [0.15, 0.2) is 24.5 Å². The minimum atomic E-state index is -0.901. The molecule has 2 bridgehead atoms. The molecule has 3 heterocycles. The van der Waals surface area contributed by atoms with E-state index in [9.17, 15) is 9.59 Å². The van der Waals surface area contributed by atoms with Crippen molar-refractivity contribution < 1.29 is 19.4 Å². The third-order valence-corrected chi connectivity index (χ3v) is 5.85. The lowest BCUT2D eigenvalue weighted by Crippen LogP contribution is -2.62. The second kappa shape index (κ2) is 6.14. The van der Waals surface area contributed by atoms with Gasteiger partial charge in [0.1, 0.15) is 17.1 Å². The van der Waals surface area contributed by atoms with Crippen LogP contribution in [0.3, 0.4) is 0 Å². The second-order valence-electron chi connectivity index (χ2n) is 8.00. The summed E-state index contributed by atoms with van der Waals surface area (Å²) in [4.78, 5) is 30.0. The van der Waals surface area contributed by atoms with Crippen molar-refractivity contribution in [3.05, 3.63) is 30.4 Å². The lowest BCUT2D eigenvalue weighted by Gasteiger charge is -2.52. The number of carbonyl (C=O) groups is 2. The molecule has 0 spiro atoms. The molecule has 2 fully saturated rings. The summed E-state index contributed by atoms with van der Waals surface area (Å²) in [6.07, 6.45) is 3.66. The maximum Gasteiger partial charge on any atom is 0.407 e. The number of methoxy groups -OCH3 is 1. The van der Waals surface area contributed by atoms with Gasteiger partial charge in [0.05, 0.1) is 18.8 Å². The number of nitrogens with one attached hydrogen (secondary N) is 1. The maximum absolute atomic E-state index is 12.9. The van der Waals surface area contributed by atoms with Gasteiger partial charge in [-0.15, -0.1) is 0 Å². The first kappa shape index (κ1) is 17.6. The molecule has 2 aliphatic rings. The van der Waals surface area contributed by atoms with Gasteiger partial charge in [0.25, 0.3) is 0 Å². The SMILES string of the molecule is COc1cccn2c(C(C)(C)NC(=O)C3[C@@H]4C[C@H]3CN(C(=O)O)C4)ncc12. The molecule has 1 saturated carbocycles. The van der Waals surface area contributed by atoms with Gasteiger partial charge >= 0.3 is 6.09 Å². The summed E-state index contributed by atoms with van der Waals surface area (Å²) < 4.78 is 7.30. The van der Waals surface area contributed by atoms with Gasteiger partial charge in [-0.3, -0.25) is 9.20 Å². The van der Waals surface area contributed by atoms with E-state index in [0.717, 1.165) is 23.5 Å². The van der Waals surface area contributed by atoms with Gasteiger partial charge in [-0.05, 0) is 44.2 Å². The Morgan fingerprint density at radius 2 is 2.04 bits per heavy atom. The molecule has 3 atom stereocenters. The Hall–Kier alpha value is -2.77. The van der Waals surface area contributed by atoms with Crippen LogP contribution in [0.4, 0.5) is 4.79 Å². The number of likely N-dealkylation sites (tertiary alicyclic amines) is 1. The van der Waals surface area contributed by atoms with Gasteiger partial charge in [0.2, 0.25) is 5.91 Å². The van der Waals surface area contributed by atoms with E-state index < -0.39 is 11.6 Å². The lowest BCUT2D eigenvalue weighted by atomic mass is 9.61. The number of hydrogen-bond acceptors (Lipinski definition) is 4. The van der Waals surface area contributed by atoms with Gasteiger partial charge in [-0.25, -0.2) is 9.78 Å². The average Bonchev–Trinajstić information content (AvgIpc) is 3.06. The Morgan fingerprint density at radius 1 is 1.33 bits per heavy atom. The van der Waals surface area contributed by atoms with Crippen molar-refractivity contribution in [1.82, 2.24) is 19.6 Å². The zero-order valence-corrected chi connectivity index (χ0v) is 15.7. The summed E-state index contributed by atoms with van der Waals surface area (Å²) in [5.41, 5.74) is 0.168. The number of amides is 2. The predicted molar refractivity (Wildman–Crippen MR) is 97.6 cm³/mol. The number of carboxylic acid groups (broad SMARTS) is 1. The van der Waals surface area contributed by atoms with Gasteiger partial charge in [-0.1, -0.05) is 0 Å². The van der Waals surface area contributed by atoms with Crippen molar-refractivity contribution >= 4 is 17.5 Å². The summed E-state index contributed by atoms with van der Waals surface area (Å²) in [7, 11) is 1.62. The van der Waals surface area contributed by atoms with Gasteiger partial charge in [0, 0.05) is 25.2 Å². The van der Waals surface area contributed by atoms with Gasteiger partial charge in [-0.2, -0.15) is 0 Å². The van der Waals surface area contributed by atoms with E-state index in [1.165, 1.54) is 4.90 Å². The monoisotopic (exact) mass is 372 g/mol. The smallest absolute Gasteiger partial charge is 0.407 e. The highest BCUT2D eigenvalue weighted by atomic mass is 16.5. The maximum atomic E-state index is 12.9. The van der Waals surface area contributed by atoms with E-state index in [1.807, 2.05) is 36.6 Å². The first-order valence-corrected chi connectivity index (χ1v) is 9.12. The van der Waals surface area contributed by atoms with Crippen LogP contribution in [0.2, 0.25) is 0 Å². The number of imidazole rings is 1. The molecule has 2 amide bonds. The lowest BCUT2D eigenvalue weighted by molar-refractivity contribution is -0.142. The molecule has 1 aliphatic heterocycles. The second-order valence-corrected chi connectivity index (χ2v) is 8.00. The molecule has 4 rings (SSSR count). The number of piperidine rings is 2. The summed E-state index contributed by atoms with van der Waals surface area (Å²) in [6, 6.07) is 3.75. The zero-order chi connectivity index (χ0) is 19.3. The topological polar surface area (TPSA) is 96.2 Å². The van der Waals surface area contributed by atoms with Crippen molar-refractivity contribution in [2.45, 2.75) is 25.8 Å². The third kappa shape index (κ3) is 2.79. The Morgan fingerprint density at radius 3 is 2.67 bits per heavy atom. The van der Waals surface area contributed by atoms with E-state index in [-0.39, 0.29) is 23.7 Å². The number of pyridine rings is 1. The number of rotatable bonds is 4.